The summed E-state index contributed by atoms with van der Waals surface area (Å²) in [6, 6.07) is 19.4. The second-order valence-electron chi connectivity index (χ2n) is 7.48. The van der Waals surface area contributed by atoms with Crippen molar-refractivity contribution in [3.63, 3.8) is 0 Å². The summed E-state index contributed by atoms with van der Waals surface area (Å²) in [5.41, 5.74) is 7.67. The van der Waals surface area contributed by atoms with Gasteiger partial charge in [-0.2, -0.15) is 0 Å². The standard InChI is InChI=1S/C25H17N5O/c31-25(15-8-11-26-12-9-15)30-23-17-5-2-1-4-16(17)22-18(23)6-3-7-19(22)24-28-20-10-13-27-14-21(20)29-24/h1-14,23H,(H,28,29)(H,30,31)/t23-/m1/s1. The molecule has 3 heterocycles. The Bertz CT molecular complexity index is 1410. The van der Waals surface area contributed by atoms with Crippen LogP contribution in [0.15, 0.2) is 85.5 Å². The molecule has 6 heteroatoms. The van der Waals surface area contributed by atoms with Crippen LogP contribution in [0.5, 0.6) is 0 Å². The van der Waals surface area contributed by atoms with Crippen molar-refractivity contribution in [1.82, 2.24) is 25.3 Å². The second-order valence-corrected chi connectivity index (χ2v) is 7.48. The molecule has 0 spiro atoms. The van der Waals surface area contributed by atoms with Crippen molar-refractivity contribution in [3.8, 4) is 22.5 Å². The van der Waals surface area contributed by atoms with Crippen molar-refractivity contribution in [2.45, 2.75) is 6.04 Å². The topological polar surface area (TPSA) is 83.6 Å². The van der Waals surface area contributed by atoms with Crippen molar-refractivity contribution in [2.75, 3.05) is 0 Å². The van der Waals surface area contributed by atoms with Crippen LogP contribution in [0.3, 0.4) is 0 Å². The predicted molar refractivity (Wildman–Crippen MR) is 118 cm³/mol. The highest BCUT2D eigenvalue weighted by atomic mass is 16.1. The molecule has 0 unspecified atom stereocenters. The Balaban J connectivity index is 1.49. The number of H-pyrrole nitrogens is 1. The van der Waals surface area contributed by atoms with E-state index in [0.29, 0.717) is 5.56 Å². The highest BCUT2D eigenvalue weighted by Crippen LogP contribution is 2.47. The smallest absolute Gasteiger partial charge is 0.252 e. The zero-order valence-electron chi connectivity index (χ0n) is 16.4. The molecule has 31 heavy (non-hydrogen) atoms. The lowest BCUT2D eigenvalue weighted by molar-refractivity contribution is 0.0943. The summed E-state index contributed by atoms with van der Waals surface area (Å²) in [6.45, 7) is 0. The lowest BCUT2D eigenvalue weighted by Gasteiger charge is -2.16. The molecule has 148 valence electrons. The van der Waals surface area contributed by atoms with E-state index in [1.165, 1.54) is 0 Å². The third kappa shape index (κ3) is 2.80. The Morgan fingerprint density at radius 1 is 0.839 bits per heavy atom. The molecule has 1 amide bonds. The number of nitrogens with one attached hydrogen (secondary N) is 2. The van der Waals surface area contributed by atoms with E-state index < -0.39 is 0 Å². The SMILES string of the molecule is O=C(N[C@@H]1c2ccccc2-c2c(-c3nc4ccncc4[nH]3)cccc21)c1ccncc1. The number of benzene rings is 2. The van der Waals surface area contributed by atoms with Crippen LogP contribution < -0.4 is 5.32 Å². The summed E-state index contributed by atoms with van der Waals surface area (Å²) in [5, 5.41) is 3.21. The quantitative estimate of drug-likeness (QED) is 0.464. The number of pyridine rings is 2. The van der Waals surface area contributed by atoms with Crippen molar-refractivity contribution < 1.29 is 4.79 Å². The average molecular weight is 403 g/mol. The Morgan fingerprint density at radius 2 is 1.61 bits per heavy atom. The maximum Gasteiger partial charge on any atom is 0.252 e. The first-order valence-electron chi connectivity index (χ1n) is 10.0. The molecule has 5 aromatic rings. The Kier molecular flexibility index (Phi) is 3.89. The predicted octanol–water partition coefficient (Wildman–Crippen LogP) is 4.52. The van der Waals surface area contributed by atoms with Gasteiger partial charge in [-0.25, -0.2) is 4.98 Å². The van der Waals surface area contributed by atoms with E-state index in [9.17, 15) is 4.79 Å². The second kappa shape index (κ2) is 6.88. The summed E-state index contributed by atoms with van der Waals surface area (Å²) < 4.78 is 0. The minimum atomic E-state index is -0.238. The lowest BCUT2D eigenvalue weighted by atomic mass is 9.98. The number of amides is 1. The number of aromatic nitrogens is 4. The molecule has 1 aliphatic rings. The van der Waals surface area contributed by atoms with Crippen LogP contribution in [0.4, 0.5) is 0 Å². The van der Waals surface area contributed by atoms with Crippen LogP contribution in [0, 0.1) is 0 Å². The number of nitrogens with zero attached hydrogens (tertiary/aromatic N) is 3. The third-order valence-electron chi connectivity index (χ3n) is 5.71. The number of carbonyl (C=O) groups is 1. The molecule has 0 fully saturated rings. The lowest BCUT2D eigenvalue weighted by Crippen LogP contribution is -2.28. The molecule has 1 atom stereocenters. The summed E-state index contributed by atoms with van der Waals surface area (Å²) in [7, 11) is 0. The van der Waals surface area contributed by atoms with E-state index in [2.05, 4.69) is 44.5 Å². The van der Waals surface area contributed by atoms with Gasteiger partial charge in [-0.3, -0.25) is 14.8 Å². The van der Waals surface area contributed by atoms with Gasteiger partial charge < -0.3 is 10.3 Å². The van der Waals surface area contributed by atoms with Gasteiger partial charge in [0.1, 0.15) is 5.82 Å². The van der Waals surface area contributed by atoms with Crippen LogP contribution in [0.2, 0.25) is 0 Å². The minimum absolute atomic E-state index is 0.129. The van der Waals surface area contributed by atoms with E-state index in [-0.39, 0.29) is 11.9 Å². The van der Waals surface area contributed by atoms with Gasteiger partial charge in [-0.15, -0.1) is 0 Å². The van der Waals surface area contributed by atoms with Gasteiger partial charge in [-0.1, -0.05) is 42.5 Å². The van der Waals surface area contributed by atoms with E-state index in [1.54, 1.807) is 36.9 Å². The van der Waals surface area contributed by atoms with Gasteiger partial charge in [0.05, 0.1) is 23.3 Å². The number of imidazole rings is 1. The molecule has 2 aromatic carbocycles. The van der Waals surface area contributed by atoms with E-state index >= 15 is 0 Å². The number of carbonyl (C=O) groups excluding carboxylic acids is 1. The molecular formula is C25H17N5O. The van der Waals surface area contributed by atoms with Gasteiger partial charge in [0.15, 0.2) is 0 Å². The normalized spacial score (nSPS) is 14.3. The van der Waals surface area contributed by atoms with Crippen LogP contribution >= 0.6 is 0 Å². The third-order valence-corrected chi connectivity index (χ3v) is 5.71. The molecule has 0 saturated carbocycles. The fourth-order valence-electron chi connectivity index (χ4n) is 4.31. The maximum absolute atomic E-state index is 12.9. The van der Waals surface area contributed by atoms with Crippen molar-refractivity contribution in [3.05, 3.63) is 102 Å². The van der Waals surface area contributed by atoms with Crippen molar-refractivity contribution >= 4 is 16.9 Å². The fourth-order valence-corrected chi connectivity index (χ4v) is 4.31. The molecule has 0 aliphatic heterocycles. The summed E-state index contributed by atoms with van der Waals surface area (Å²) >= 11 is 0. The number of fused-ring (bicyclic) bond motifs is 4. The number of rotatable bonds is 3. The Labute approximate surface area is 178 Å². The van der Waals surface area contributed by atoms with Crippen molar-refractivity contribution in [2.24, 2.45) is 0 Å². The van der Waals surface area contributed by atoms with Gasteiger partial charge in [0.2, 0.25) is 0 Å². The summed E-state index contributed by atoms with van der Waals surface area (Å²) in [4.78, 5) is 29.3. The average Bonchev–Trinajstić information content (AvgIpc) is 3.39. The van der Waals surface area contributed by atoms with Gasteiger partial charge in [-0.05, 0) is 40.5 Å². The first-order chi connectivity index (χ1) is 15.3. The first kappa shape index (κ1) is 17.5. The number of aromatic amines is 1. The van der Waals surface area contributed by atoms with E-state index in [0.717, 1.165) is 44.7 Å². The zero-order chi connectivity index (χ0) is 20.8. The highest BCUT2D eigenvalue weighted by Gasteiger charge is 2.32. The molecule has 3 aromatic heterocycles. The number of hydrogen-bond acceptors (Lipinski definition) is 4. The van der Waals surface area contributed by atoms with Crippen LogP contribution in [0.25, 0.3) is 33.5 Å². The van der Waals surface area contributed by atoms with Crippen LogP contribution in [-0.4, -0.2) is 25.8 Å². The molecule has 0 radical (unpaired) electrons. The van der Waals surface area contributed by atoms with Gasteiger partial charge in [0.25, 0.3) is 5.91 Å². The number of hydrogen-bond donors (Lipinski definition) is 2. The molecule has 2 N–H and O–H groups in total. The zero-order valence-corrected chi connectivity index (χ0v) is 16.4. The van der Waals surface area contributed by atoms with Gasteiger partial charge in [0, 0.05) is 29.7 Å². The minimum Gasteiger partial charge on any atom is -0.341 e. The molecule has 0 saturated heterocycles. The fraction of sp³-hybridized carbons (Fsp3) is 0.0400. The molecule has 6 rings (SSSR count). The first-order valence-corrected chi connectivity index (χ1v) is 10.0. The molecule has 0 bridgehead atoms. The molecule has 6 nitrogen and oxygen atoms in total. The van der Waals surface area contributed by atoms with Crippen molar-refractivity contribution in [1.29, 1.82) is 0 Å². The molecular weight excluding hydrogens is 386 g/mol. The monoisotopic (exact) mass is 403 g/mol. The largest absolute Gasteiger partial charge is 0.341 e. The molecule has 1 aliphatic carbocycles. The Hall–Kier alpha value is -4.32. The summed E-state index contributed by atoms with van der Waals surface area (Å²) in [6.07, 6.45) is 6.77. The summed E-state index contributed by atoms with van der Waals surface area (Å²) in [5.74, 6) is 0.658. The Morgan fingerprint density at radius 3 is 2.48 bits per heavy atom. The van der Waals surface area contributed by atoms with E-state index in [4.69, 9.17) is 4.98 Å². The van der Waals surface area contributed by atoms with E-state index in [1.807, 2.05) is 24.3 Å². The van der Waals surface area contributed by atoms with Gasteiger partial charge >= 0.3 is 0 Å². The maximum atomic E-state index is 12.9. The van der Waals surface area contributed by atoms with Crippen LogP contribution in [-0.2, 0) is 0 Å². The van der Waals surface area contributed by atoms with Crippen LogP contribution in [0.1, 0.15) is 27.5 Å². The highest BCUT2D eigenvalue weighted by molar-refractivity contribution is 5.97.